The van der Waals surface area contributed by atoms with E-state index in [0.29, 0.717) is 0 Å². The lowest BCUT2D eigenvalue weighted by atomic mass is 9.92. The van der Waals surface area contributed by atoms with Crippen molar-refractivity contribution < 1.29 is 134 Å². The highest BCUT2D eigenvalue weighted by atomic mass is 19.4. The quantitative estimate of drug-likeness (QED) is 0.0111. The summed E-state index contributed by atoms with van der Waals surface area (Å²) in [6, 6.07) is 0. The maximum absolute atomic E-state index is 14.9. The summed E-state index contributed by atoms with van der Waals surface area (Å²) in [6.45, 7) is 0.931. The maximum Gasteiger partial charge on any atom is 0.460 e. The molecular weight excluding hydrogens is 857 g/mol. The normalized spacial score (nSPS) is 15.2. The number of carbonyl (C=O) groups is 3. The largest absolute Gasteiger partial charge is 0.462 e. The predicted octanol–water partition coefficient (Wildman–Crippen LogP) is 7.61. The van der Waals surface area contributed by atoms with E-state index < -0.39 is 141 Å². The van der Waals surface area contributed by atoms with Gasteiger partial charge in [-0.25, -0.2) is 63.7 Å². The van der Waals surface area contributed by atoms with E-state index in [9.17, 15) is 80.2 Å². The van der Waals surface area contributed by atoms with Gasteiger partial charge in [0.2, 0.25) is 23.3 Å². The predicted molar refractivity (Wildman–Crippen MR) is 152 cm³/mol. The van der Waals surface area contributed by atoms with Crippen LogP contribution in [0.5, 0.6) is 0 Å². The standard InChI is InChI=1S/C29H25F15O14/c1-4-16(45)48-11-26(12-49-17(46)5-2,13-50-18(47)6-3)14-53-55-57-58-56-54-52-9-7-8-51-27(39,28(40,41)29(42,43)44)25(38)24(37)23(36)22(35)21(34)20(33)19(32)15(31)10-30/h4-6H,1-3,7-14H2/b19-15+,21-20+,23-22+,25-24+. The Morgan fingerprint density at radius 1 is 0.517 bits per heavy atom. The third-order valence-electron chi connectivity index (χ3n) is 5.86. The molecule has 0 saturated carbocycles. The monoisotopic (exact) mass is 882 g/mol. The van der Waals surface area contributed by atoms with Crippen LogP contribution < -0.4 is 0 Å². The van der Waals surface area contributed by atoms with E-state index in [1.54, 1.807) is 0 Å². The number of halogens is 15. The maximum atomic E-state index is 14.9. The molecule has 29 heteroatoms. The SMILES string of the molecule is C=CC(=O)OCC(COOOOOOOCCCOC(F)(/C(F)=C(F)/C(F)=C(F)/C(F)=C(F)/C(F)=C(\F)CF)C(F)(F)C(F)(F)F)(COC(=O)C=C)COC(=O)C=C. The second kappa shape index (κ2) is 24.9. The van der Waals surface area contributed by atoms with Gasteiger partial charge in [-0.15, -0.1) is 0 Å². The molecule has 0 aliphatic heterocycles. The number of carbonyl (C=O) groups excluding carboxylic acids is 3. The molecule has 0 aromatic carbocycles. The Morgan fingerprint density at radius 2 is 0.914 bits per heavy atom. The van der Waals surface area contributed by atoms with Crippen molar-refractivity contribution in [2.24, 2.45) is 5.41 Å². The molecule has 1 unspecified atom stereocenters. The highest BCUT2D eigenvalue weighted by Gasteiger charge is 2.75. The molecule has 0 radical (unpaired) electrons. The van der Waals surface area contributed by atoms with Crippen LogP contribution in [-0.2, 0) is 68.3 Å². The summed E-state index contributed by atoms with van der Waals surface area (Å²) in [5, 5.41) is 19.0. The summed E-state index contributed by atoms with van der Waals surface area (Å²) >= 11 is 0. The van der Waals surface area contributed by atoms with Gasteiger partial charge in [-0.2, -0.15) is 26.3 Å². The lowest BCUT2D eigenvalue weighted by molar-refractivity contribution is -0.790. The first-order valence-corrected chi connectivity index (χ1v) is 14.4. The van der Waals surface area contributed by atoms with Crippen LogP contribution in [0, 0.1) is 5.41 Å². The van der Waals surface area contributed by atoms with Crippen molar-refractivity contribution in [2.45, 2.75) is 24.4 Å². The van der Waals surface area contributed by atoms with Gasteiger partial charge in [-0.1, -0.05) is 19.7 Å². The summed E-state index contributed by atoms with van der Waals surface area (Å²) < 4.78 is 220. The van der Waals surface area contributed by atoms with Gasteiger partial charge >= 0.3 is 35.9 Å². The van der Waals surface area contributed by atoms with Gasteiger partial charge in [0.25, 0.3) is 0 Å². The summed E-state index contributed by atoms with van der Waals surface area (Å²) in [5.74, 6) is -45.9. The van der Waals surface area contributed by atoms with Crippen molar-refractivity contribution in [2.75, 3.05) is 46.3 Å². The number of hydrogen-bond acceptors (Lipinski definition) is 14. The fraction of sp³-hybridized carbons (Fsp3) is 0.414. The number of ether oxygens (including phenoxy) is 4. The van der Waals surface area contributed by atoms with E-state index in [0.717, 1.165) is 18.2 Å². The summed E-state index contributed by atoms with van der Waals surface area (Å²) in [7, 11) is 0. The highest BCUT2D eigenvalue weighted by Crippen LogP contribution is 2.51. The minimum Gasteiger partial charge on any atom is -0.462 e. The molecule has 14 nitrogen and oxygen atoms in total. The fourth-order valence-corrected chi connectivity index (χ4v) is 2.96. The van der Waals surface area contributed by atoms with E-state index in [1.807, 2.05) is 0 Å². The van der Waals surface area contributed by atoms with Crippen LogP contribution in [0.4, 0.5) is 65.9 Å². The molecule has 0 spiro atoms. The highest BCUT2D eigenvalue weighted by molar-refractivity contribution is 5.82. The molecule has 0 aromatic heterocycles. The molecule has 0 aliphatic carbocycles. The van der Waals surface area contributed by atoms with Crippen molar-refractivity contribution in [3.8, 4) is 0 Å². The lowest BCUT2D eigenvalue weighted by Crippen LogP contribution is -2.56. The molecule has 1 atom stereocenters. The molecule has 0 saturated heterocycles. The number of esters is 3. The Morgan fingerprint density at radius 3 is 1.33 bits per heavy atom. The van der Waals surface area contributed by atoms with E-state index >= 15 is 0 Å². The van der Waals surface area contributed by atoms with E-state index in [2.05, 4.69) is 59.4 Å². The van der Waals surface area contributed by atoms with Crippen molar-refractivity contribution in [3.05, 3.63) is 84.6 Å². The minimum atomic E-state index is -7.21. The third-order valence-corrected chi connectivity index (χ3v) is 5.86. The molecule has 0 fully saturated rings. The molecule has 0 bridgehead atoms. The molecule has 0 aliphatic rings. The lowest BCUT2D eigenvalue weighted by Gasteiger charge is -2.33. The Hall–Kier alpha value is -4.78. The van der Waals surface area contributed by atoms with Crippen molar-refractivity contribution in [1.29, 1.82) is 0 Å². The summed E-state index contributed by atoms with van der Waals surface area (Å²) in [6.07, 6.45) is -6.19. The van der Waals surface area contributed by atoms with Gasteiger partial charge in [0, 0.05) is 18.2 Å². The smallest absolute Gasteiger partial charge is 0.460 e. The second-order valence-electron chi connectivity index (χ2n) is 9.97. The fourth-order valence-electron chi connectivity index (χ4n) is 2.96. The van der Waals surface area contributed by atoms with Crippen LogP contribution in [0.2, 0.25) is 0 Å². The van der Waals surface area contributed by atoms with Gasteiger partial charge in [0.15, 0.2) is 23.3 Å². The van der Waals surface area contributed by atoms with E-state index in [1.165, 1.54) is 0 Å². The number of hydrogen-bond donors (Lipinski definition) is 0. The molecule has 0 N–H and O–H groups in total. The van der Waals surface area contributed by atoms with Gasteiger partial charge in [0.05, 0.1) is 18.6 Å². The molecule has 0 heterocycles. The molecule has 0 aromatic rings. The van der Waals surface area contributed by atoms with Crippen LogP contribution in [-0.4, -0.2) is 82.2 Å². The molecule has 0 rings (SSSR count). The van der Waals surface area contributed by atoms with E-state index in [-0.39, 0.29) is 0 Å². The molecule has 330 valence electrons. The second-order valence-corrected chi connectivity index (χ2v) is 9.97. The zero-order valence-corrected chi connectivity index (χ0v) is 28.4. The zero-order valence-electron chi connectivity index (χ0n) is 28.4. The first kappa shape index (κ1) is 53.2. The molecule has 0 amide bonds. The Balaban J connectivity index is 5.51. The number of alkyl halides is 7. The minimum absolute atomic E-state index is 0.707. The summed E-state index contributed by atoms with van der Waals surface area (Å²) in [4.78, 5) is 43.3. The van der Waals surface area contributed by atoms with Crippen LogP contribution in [0.1, 0.15) is 6.42 Å². The number of rotatable bonds is 28. The van der Waals surface area contributed by atoms with Gasteiger partial charge in [-0.05, 0) is 31.6 Å². The Labute approximate surface area is 313 Å². The average molecular weight is 882 g/mol. The van der Waals surface area contributed by atoms with Crippen molar-refractivity contribution in [1.82, 2.24) is 0 Å². The van der Waals surface area contributed by atoms with Crippen LogP contribution in [0.3, 0.4) is 0 Å². The third kappa shape index (κ3) is 15.9. The van der Waals surface area contributed by atoms with Crippen molar-refractivity contribution >= 4 is 17.9 Å². The summed E-state index contributed by atoms with van der Waals surface area (Å²) in [5.41, 5.74) is -1.75. The average Bonchev–Trinajstić information content (AvgIpc) is 3.20. The van der Waals surface area contributed by atoms with Gasteiger partial charge < -0.3 is 18.9 Å². The van der Waals surface area contributed by atoms with Gasteiger partial charge in [0.1, 0.15) is 33.1 Å². The zero-order chi connectivity index (χ0) is 44.9. The van der Waals surface area contributed by atoms with Crippen molar-refractivity contribution in [3.63, 3.8) is 0 Å². The Kier molecular flexibility index (Phi) is 22.8. The first-order valence-electron chi connectivity index (χ1n) is 14.4. The van der Waals surface area contributed by atoms with Crippen LogP contribution in [0.15, 0.2) is 84.6 Å². The van der Waals surface area contributed by atoms with Crippen LogP contribution >= 0.6 is 0 Å². The molecule has 58 heavy (non-hydrogen) atoms. The molecular formula is C29H25F15O14. The number of allylic oxidation sites excluding steroid dienone is 7. The van der Waals surface area contributed by atoms with E-state index in [4.69, 9.17) is 14.2 Å². The Bertz CT molecular complexity index is 1520. The van der Waals surface area contributed by atoms with Crippen LogP contribution in [0.25, 0.3) is 0 Å². The first-order chi connectivity index (χ1) is 26.9. The topological polar surface area (TPSA) is 153 Å². The van der Waals surface area contributed by atoms with Gasteiger partial charge in [-0.3, -0.25) is 0 Å².